The van der Waals surface area contributed by atoms with Gasteiger partial charge in [-0.2, -0.15) is 0 Å². The predicted octanol–water partition coefficient (Wildman–Crippen LogP) is 4.19. The smallest absolute Gasteiger partial charge is 0.248 e. The third kappa shape index (κ3) is 4.50. The lowest BCUT2D eigenvalue weighted by atomic mass is 9.68. The molecule has 2 fully saturated rings. The van der Waals surface area contributed by atoms with Crippen molar-refractivity contribution in [3.8, 4) is 0 Å². The molecule has 2 aliphatic rings. The van der Waals surface area contributed by atoms with Crippen molar-refractivity contribution < 1.29 is 9.53 Å². The monoisotopic (exact) mass is 412 g/mol. The van der Waals surface area contributed by atoms with E-state index >= 15 is 0 Å². The van der Waals surface area contributed by atoms with Gasteiger partial charge in [-0.15, -0.1) is 0 Å². The van der Waals surface area contributed by atoms with Gasteiger partial charge in [-0.3, -0.25) is 9.69 Å². The summed E-state index contributed by atoms with van der Waals surface area (Å²) in [5.74, 6) is 0.593. The lowest BCUT2D eigenvalue weighted by Crippen LogP contribution is -2.47. The number of hydrogen-bond acceptors (Lipinski definition) is 3. The third-order valence-corrected chi connectivity index (χ3v) is 6.83. The highest BCUT2D eigenvalue weighted by molar-refractivity contribution is 6.30. The van der Waals surface area contributed by atoms with Crippen molar-refractivity contribution in [2.24, 2.45) is 5.41 Å². The number of likely N-dealkylation sites (tertiary alicyclic amines) is 2. The second-order valence-electron chi connectivity index (χ2n) is 8.44. The van der Waals surface area contributed by atoms with Crippen LogP contribution in [0.3, 0.4) is 0 Å². The molecule has 1 spiro atoms. The summed E-state index contributed by atoms with van der Waals surface area (Å²) in [6.07, 6.45) is 2.07. The van der Waals surface area contributed by atoms with Crippen LogP contribution in [0.5, 0.6) is 0 Å². The zero-order valence-electron chi connectivity index (χ0n) is 17.0. The molecule has 1 atom stereocenters. The van der Waals surface area contributed by atoms with Crippen LogP contribution in [0.15, 0.2) is 54.6 Å². The van der Waals surface area contributed by atoms with Crippen molar-refractivity contribution in [1.29, 1.82) is 0 Å². The van der Waals surface area contributed by atoms with Crippen molar-refractivity contribution >= 4 is 17.5 Å². The quantitative estimate of drug-likeness (QED) is 0.738. The van der Waals surface area contributed by atoms with Crippen molar-refractivity contribution in [2.45, 2.75) is 25.3 Å². The Morgan fingerprint density at radius 3 is 2.59 bits per heavy atom. The first-order valence-electron chi connectivity index (χ1n) is 10.4. The van der Waals surface area contributed by atoms with Gasteiger partial charge in [0.05, 0.1) is 0 Å². The topological polar surface area (TPSA) is 32.8 Å². The molecule has 4 rings (SSSR count). The summed E-state index contributed by atoms with van der Waals surface area (Å²) >= 11 is 6.20. The number of nitrogens with zero attached hydrogens (tertiary/aromatic N) is 2. The van der Waals surface area contributed by atoms with Gasteiger partial charge in [-0.1, -0.05) is 54.1 Å². The highest BCUT2D eigenvalue weighted by Gasteiger charge is 2.48. The number of halogens is 1. The average molecular weight is 413 g/mol. The Balaban J connectivity index is 1.53. The Morgan fingerprint density at radius 2 is 1.90 bits per heavy atom. The highest BCUT2D eigenvalue weighted by atomic mass is 35.5. The standard InChI is InChI=1S/C24H29ClN2O2/c1-29-17-23(28)27-12-10-24(11-13-27)18-26(15-19-6-5-9-21(25)14-19)16-22(24)20-7-3-2-4-8-20/h2-9,14,22H,10-13,15-18H2,1H3/t22-/m0/s1. The fourth-order valence-electron chi connectivity index (χ4n) is 5.15. The molecule has 2 aromatic carbocycles. The number of piperidine rings is 1. The van der Waals surface area contributed by atoms with Gasteiger partial charge >= 0.3 is 0 Å². The zero-order chi connectivity index (χ0) is 20.3. The highest BCUT2D eigenvalue weighted by Crippen LogP contribution is 2.50. The largest absolute Gasteiger partial charge is 0.375 e. The van der Waals surface area contributed by atoms with E-state index in [1.807, 2.05) is 17.0 Å². The molecule has 2 heterocycles. The fourth-order valence-corrected chi connectivity index (χ4v) is 5.37. The Morgan fingerprint density at radius 1 is 1.14 bits per heavy atom. The minimum absolute atomic E-state index is 0.104. The van der Waals surface area contributed by atoms with Crippen LogP contribution in [0.1, 0.15) is 29.9 Å². The Hall–Kier alpha value is -1.88. The molecule has 0 radical (unpaired) electrons. The second-order valence-corrected chi connectivity index (χ2v) is 8.88. The Kier molecular flexibility index (Phi) is 6.23. The maximum atomic E-state index is 12.3. The zero-order valence-corrected chi connectivity index (χ0v) is 17.8. The lowest BCUT2D eigenvalue weighted by molar-refractivity contribution is -0.137. The molecular weight excluding hydrogens is 384 g/mol. The molecule has 2 aliphatic heterocycles. The van der Waals surface area contributed by atoms with Crippen molar-refractivity contribution in [3.63, 3.8) is 0 Å². The average Bonchev–Trinajstić information content (AvgIpc) is 3.06. The van der Waals surface area contributed by atoms with Gasteiger partial charge in [-0.05, 0) is 41.5 Å². The molecule has 1 amide bonds. The molecule has 0 N–H and O–H groups in total. The Bertz CT molecular complexity index is 834. The van der Waals surface area contributed by atoms with Crippen LogP contribution in [0.4, 0.5) is 0 Å². The molecule has 29 heavy (non-hydrogen) atoms. The first-order valence-corrected chi connectivity index (χ1v) is 10.8. The van der Waals surface area contributed by atoms with E-state index in [-0.39, 0.29) is 17.9 Å². The summed E-state index contributed by atoms with van der Waals surface area (Å²) in [7, 11) is 1.58. The summed E-state index contributed by atoms with van der Waals surface area (Å²) in [4.78, 5) is 16.8. The Labute approximate surface area is 178 Å². The normalized spacial score (nSPS) is 21.6. The number of amides is 1. The van der Waals surface area contributed by atoms with Crippen LogP contribution in [0, 0.1) is 5.41 Å². The van der Waals surface area contributed by atoms with E-state index in [0.717, 1.165) is 50.6 Å². The summed E-state index contributed by atoms with van der Waals surface area (Å²) < 4.78 is 5.05. The summed E-state index contributed by atoms with van der Waals surface area (Å²) in [5.41, 5.74) is 2.89. The van der Waals surface area contributed by atoms with Crippen LogP contribution < -0.4 is 0 Å². The first-order chi connectivity index (χ1) is 14.1. The maximum Gasteiger partial charge on any atom is 0.248 e. The summed E-state index contributed by atoms with van der Waals surface area (Å²) in [6.45, 7) is 4.83. The van der Waals surface area contributed by atoms with E-state index in [9.17, 15) is 4.79 Å². The van der Waals surface area contributed by atoms with E-state index in [4.69, 9.17) is 16.3 Å². The van der Waals surface area contributed by atoms with Gasteiger partial charge in [-0.25, -0.2) is 0 Å². The van der Waals surface area contributed by atoms with Crippen molar-refractivity contribution in [3.05, 3.63) is 70.7 Å². The van der Waals surface area contributed by atoms with E-state index in [1.54, 1.807) is 7.11 Å². The summed E-state index contributed by atoms with van der Waals surface area (Å²) in [6, 6.07) is 19.1. The van der Waals surface area contributed by atoms with Gasteiger partial charge in [0, 0.05) is 50.8 Å². The van der Waals surface area contributed by atoms with Crippen LogP contribution >= 0.6 is 11.6 Å². The predicted molar refractivity (Wildman–Crippen MR) is 116 cm³/mol. The van der Waals surface area contributed by atoms with Crippen LogP contribution in [0.2, 0.25) is 5.02 Å². The van der Waals surface area contributed by atoms with Crippen LogP contribution in [-0.4, -0.2) is 55.6 Å². The SMILES string of the molecule is COCC(=O)N1CCC2(CC1)CN(Cc1cccc(Cl)c1)C[C@H]2c1ccccc1. The molecule has 5 heteroatoms. The van der Waals surface area contributed by atoms with Gasteiger partial charge in [0.1, 0.15) is 6.61 Å². The van der Waals surface area contributed by atoms with Gasteiger partial charge in [0.2, 0.25) is 5.91 Å². The molecule has 0 unspecified atom stereocenters. The number of rotatable bonds is 5. The van der Waals surface area contributed by atoms with E-state index in [0.29, 0.717) is 5.92 Å². The molecule has 0 aliphatic carbocycles. The van der Waals surface area contributed by atoms with Crippen LogP contribution in [-0.2, 0) is 16.1 Å². The number of ether oxygens (including phenoxy) is 1. The van der Waals surface area contributed by atoms with Crippen molar-refractivity contribution in [1.82, 2.24) is 9.80 Å². The lowest BCUT2D eigenvalue weighted by Gasteiger charge is -2.43. The number of carbonyl (C=O) groups excluding carboxylic acids is 1. The number of benzene rings is 2. The fraction of sp³-hybridized carbons (Fsp3) is 0.458. The molecule has 0 bridgehead atoms. The second kappa shape index (κ2) is 8.86. The molecule has 4 nitrogen and oxygen atoms in total. The van der Waals surface area contributed by atoms with E-state index in [1.165, 1.54) is 11.1 Å². The molecule has 0 aromatic heterocycles. The summed E-state index contributed by atoms with van der Waals surface area (Å²) in [5, 5.41) is 0.793. The van der Waals surface area contributed by atoms with E-state index < -0.39 is 0 Å². The molecule has 2 saturated heterocycles. The molecular formula is C24H29ClN2O2. The molecule has 154 valence electrons. The maximum absolute atomic E-state index is 12.3. The molecule has 0 saturated carbocycles. The van der Waals surface area contributed by atoms with Gasteiger partial charge < -0.3 is 9.64 Å². The first kappa shape index (κ1) is 20.4. The minimum atomic E-state index is 0.104. The van der Waals surface area contributed by atoms with Crippen LogP contribution in [0.25, 0.3) is 0 Å². The van der Waals surface area contributed by atoms with E-state index in [2.05, 4.69) is 47.4 Å². The van der Waals surface area contributed by atoms with Gasteiger partial charge in [0.15, 0.2) is 0 Å². The number of carbonyl (C=O) groups is 1. The van der Waals surface area contributed by atoms with Crippen molar-refractivity contribution in [2.75, 3.05) is 39.9 Å². The number of methoxy groups -OCH3 is 1. The molecule has 2 aromatic rings. The minimum Gasteiger partial charge on any atom is -0.375 e. The number of hydrogen-bond donors (Lipinski definition) is 0. The van der Waals surface area contributed by atoms with Gasteiger partial charge in [0.25, 0.3) is 0 Å². The third-order valence-electron chi connectivity index (χ3n) is 6.60.